The highest BCUT2D eigenvalue weighted by Crippen LogP contribution is 2.24. The normalized spacial score (nSPS) is 11.7. The van der Waals surface area contributed by atoms with Gasteiger partial charge in [0.05, 0.1) is 19.3 Å². The minimum Gasteiger partial charge on any atom is -0.494 e. The maximum Gasteiger partial charge on any atom is 0.251 e. The number of rotatable bonds is 16. The first kappa shape index (κ1) is 31.7. The molecule has 0 aliphatic rings. The van der Waals surface area contributed by atoms with Crippen LogP contribution >= 0.6 is 0 Å². The zero-order valence-corrected chi connectivity index (χ0v) is 24.9. The number of nitrogens with one attached hydrogen (secondary N) is 1. The van der Waals surface area contributed by atoms with Crippen LogP contribution in [0.4, 0.5) is 0 Å². The van der Waals surface area contributed by atoms with Crippen LogP contribution in [0.1, 0.15) is 61.9 Å². The van der Waals surface area contributed by atoms with Crippen LogP contribution < -0.4 is 14.8 Å². The van der Waals surface area contributed by atoms with Gasteiger partial charge in [0.25, 0.3) is 5.91 Å². The van der Waals surface area contributed by atoms with E-state index in [9.17, 15) is 15.0 Å². The van der Waals surface area contributed by atoms with E-state index in [1.807, 2.05) is 55.5 Å². The lowest BCUT2D eigenvalue weighted by Crippen LogP contribution is -2.44. The van der Waals surface area contributed by atoms with E-state index in [0.29, 0.717) is 23.7 Å². The Hall–Kier alpha value is -4.27. The largest absolute Gasteiger partial charge is 0.494 e. The zero-order chi connectivity index (χ0) is 30.4. The van der Waals surface area contributed by atoms with E-state index in [1.54, 1.807) is 36.7 Å². The van der Waals surface area contributed by atoms with Crippen LogP contribution in [0.15, 0.2) is 85.2 Å². The molecule has 4 aromatic rings. The lowest BCUT2D eigenvalue weighted by molar-refractivity contribution is -0.0647. The van der Waals surface area contributed by atoms with Crippen LogP contribution in [0.25, 0.3) is 22.5 Å². The highest BCUT2D eigenvalue weighted by molar-refractivity contribution is 5.94. The van der Waals surface area contributed by atoms with Crippen molar-refractivity contribution in [2.45, 2.75) is 64.7 Å². The molecule has 0 radical (unpaired) electrons. The molecular formula is C35H41N3O5. The van der Waals surface area contributed by atoms with E-state index in [1.165, 1.54) is 25.7 Å². The summed E-state index contributed by atoms with van der Waals surface area (Å²) >= 11 is 0. The molecule has 0 fully saturated rings. The Labute approximate surface area is 253 Å². The number of aliphatic hydroxyl groups is 2. The van der Waals surface area contributed by atoms with Gasteiger partial charge in [0.1, 0.15) is 11.5 Å². The van der Waals surface area contributed by atoms with Crippen LogP contribution in [-0.2, 0) is 6.42 Å². The average Bonchev–Trinajstić information content (AvgIpc) is 3.03. The van der Waals surface area contributed by atoms with E-state index in [-0.39, 0.29) is 6.42 Å². The molecule has 1 atom stereocenters. The third kappa shape index (κ3) is 9.63. The number of ether oxygens (including phenoxy) is 2. The molecule has 0 aliphatic carbocycles. The predicted octanol–water partition coefficient (Wildman–Crippen LogP) is 6.21. The Kier molecular flexibility index (Phi) is 12.1. The summed E-state index contributed by atoms with van der Waals surface area (Å²) in [5, 5.41) is 22.5. The van der Waals surface area contributed by atoms with E-state index in [2.05, 4.69) is 22.2 Å². The van der Waals surface area contributed by atoms with Gasteiger partial charge in [-0.1, -0.05) is 69.0 Å². The van der Waals surface area contributed by atoms with Gasteiger partial charge in [0.15, 0.2) is 12.1 Å². The third-order valence-corrected chi connectivity index (χ3v) is 7.13. The van der Waals surface area contributed by atoms with Crippen LogP contribution in [-0.4, -0.2) is 51.6 Å². The second kappa shape index (κ2) is 16.4. The predicted molar refractivity (Wildman–Crippen MR) is 168 cm³/mol. The lowest BCUT2D eigenvalue weighted by atomic mass is 10.0. The van der Waals surface area contributed by atoms with Gasteiger partial charge in [-0.25, -0.2) is 9.97 Å². The van der Waals surface area contributed by atoms with Gasteiger partial charge in [0, 0.05) is 29.1 Å². The molecule has 0 unspecified atom stereocenters. The van der Waals surface area contributed by atoms with Crippen molar-refractivity contribution < 1.29 is 24.5 Å². The highest BCUT2D eigenvalue weighted by atomic mass is 16.5. The quantitative estimate of drug-likeness (QED) is 0.106. The smallest absolute Gasteiger partial charge is 0.251 e. The molecule has 0 spiro atoms. The number of amides is 1. The summed E-state index contributed by atoms with van der Waals surface area (Å²) in [5.74, 6) is 1.72. The zero-order valence-electron chi connectivity index (χ0n) is 24.9. The number of carbonyl (C=O) groups excluding carboxylic acids is 1. The van der Waals surface area contributed by atoms with Crippen molar-refractivity contribution in [3.63, 3.8) is 0 Å². The number of aromatic nitrogens is 2. The molecule has 0 saturated carbocycles. The summed E-state index contributed by atoms with van der Waals surface area (Å²) in [6, 6.07) is 21.3. The molecule has 43 heavy (non-hydrogen) atoms. The van der Waals surface area contributed by atoms with Gasteiger partial charge in [-0.05, 0) is 67.3 Å². The molecule has 0 saturated heterocycles. The van der Waals surface area contributed by atoms with Gasteiger partial charge in [-0.3, -0.25) is 4.79 Å². The van der Waals surface area contributed by atoms with Crippen LogP contribution in [0, 0.1) is 0 Å². The summed E-state index contributed by atoms with van der Waals surface area (Å²) in [6.45, 7) is 5.37. The molecule has 1 amide bonds. The Morgan fingerprint density at radius 3 is 1.98 bits per heavy atom. The molecule has 8 nitrogen and oxygen atoms in total. The second-order valence-corrected chi connectivity index (χ2v) is 10.4. The number of carbonyl (C=O) groups is 1. The Morgan fingerprint density at radius 2 is 1.35 bits per heavy atom. The summed E-state index contributed by atoms with van der Waals surface area (Å²) in [6.07, 6.45) is 8.17. The van der Waals surface area contributed by atoms with Gasteiger partial charge >= 0.3 is 0 Å². The topological polar surface area (TPSA) is 114 Å². The molecule has 0 bridgehead atoms. The molecule has 1 heterocycles. The van der Waals surface area contributed by atoms with Crippen molar-refractivity contribution in [2.75, 3.05) is 13.2 Å². The van der Waals surface area contributed by atoms with Gasteiger partial charge in [-0.15, -0.1) is 0 Å². The first-order valence-electron chi connectivity index (χ1n) is 15.0. The average molecular weight is 584 g/mol. The standard InChI is InChI=1S/C35H41N3O5/c1-3-5-6-7-8-21-43-31-17-13-26(14-18-31)29-23-36-33(37-24-29)27-11-9-25(10-12-27)22-32(35(40)41)38-34(39)28-15-19-30(20-16-28)42-4-2/h9-20,23-24,32,35,40-41H,3-8,21-22H2,1-2H3,(H,38,39)/t32-/m0/s1. The molecule has 4 rings (SSSR count). The summed E-state index contributed by atoms with van der Waals surface area (Å²) in [5.41, 5.74) is 3.99. The highest BCUT2D eigenvalue weighted by Gasteiger charge is 2.21. The molecule has 226 valence electrons. The Balaban J connectivity index is 1.31. The summed E-state index contributed by atoms with van der Waals surface area (Å²) in [4.78, 5) is 21.8. The summed E-state index contributed by atoms with van der Waals surface area (Å²) in [7, 11) is 0. The summed E-state index contributed by atoms with van der Waals surface area (Å²) < 4.78 is 11.3. The third-order valence-electron chi connectivity index (χ3n) is 7.13. The van der Waals surface area contributed by atoms with E-state index in [4.69, 9.17) is 9.47 Å². The van der Waals surface area contributed by atoms with E-state index in [0.717, 1.165) is 41.0 Å². The maximum absolute atomic E-state index is 12.7. The number of hydrogen-bond donors (Lipinski definition) is 3. The van der Waals surface area contributed by atoms with Crippen molar-refractivity contribution in [1.82, 2.24) is 15.3 Å². The van der Waals surface area contributed by atoms with Gasteiger partial charge in [0.2, 0.25) is 0 Å². The first-order valence-corrected chi connectivity index (χ1v) is 15.0. The van der Waals surface area contributed by atoms with Crippen molar-refractivity contribution in [2.24, 2.45) is 0 Å². The number of nitrogens with zero attached hydrogens (tertiary/aromatic N) is 2. The number of hydrogen-bond acceptors (Lipinski definition) is 7. The molecule has 3 aromatic carbocycles. The SMILES string of the molecule is CCCCCCCOc1ccc(-c2cnc(-c3ccc(C[C@H](NC(=O)c4ccc(OCC)cc4)C(O)O)cc3)nc2)cc1. The van der Waals surface area contributed by atoms with E-state index < -0.39 is 18.2 Å². The van der Waals surface area contributed by atoms with Gasteiger partial charge < -0.3 is 25.0 Å². The van der Waals surface area contributed by atoms with Crippen molar-refractivity contribution in [3.8, 4) is 34.0 Å². The van der Waals surface area contributed by atoms with Crippen LogP contribution in [0.3, 0.4) is 0 Å². The number of aliphatic hydroxyl groups excluding tert-OH is 1. The maximum atomic E-state index is 12.7. The van der Waals surface area contributed by atoms with Gasteiger partial charge in [-0.2, -0.15) is 0 Å². The lowest BCUT2D eigenvalue weighted by Gasteiger charge is -2.21. The van der Waals surface area contributed by atoms with Crippen LogP contribution in [0.2, 0.25) is 0 Å². The fourth-order valence-corrected chi connectivity index (χ4v) is 4.66. The molecule has 1 aromatic heterocycles. The number of benzene rings is 3. The monoisotopic (exact) mass is 583 g/mol. The molecule has 0 aliphatic heterocycles. The fraction of sp³-hybridized carbons (Fsp3) is 0.343. The molecule has 8 heteroatoms. The molecule has 3 N–H and O–H groups in total. The van der Waals surface area contributed by atoms with Crippen molar-refractivity contribution >= 4 is 5.91 Å². The Bertz CT molecular complexity index is 1390. The van der Waals surface area contributed by atoms with E-state index >= 15 is 0 Å². The number of unbranched alkanes of at least 4 members (excludes halogenated alkanes) is 4. The minimum atomic E-state index is -1.72. The molecular weight excluding hydrogens is 542 g/mol. The minimum absolute atomic E-state index is 0.235. The fourth-order valence-electron chi connectivity index (χ4n) is 4.66. The second-order valence-electron chi connectivity index (χ2n) is 10.4. The van der Waals surface area contributed by atoms with Crippen LogP contribution in [0.5, 0.6) is 11.5 Å². The Morgan fingerprint density at radius 1 is 0.744 bits per heavy atom. The first-order chi connectivity index (χ1) is 21.0. The van der Waals surface area contributed by atoms with Crippen molar-refractivity contribution in [1.29, 1.82) is 0 Å². The van der Waals surface area contributed by atoms with Crippen molar-refractivity contribution in [3.05, 3.63) is 96.3 Å².